The first-order chi connectivity index (χ1) is 16.0. The summed E-state index contributed by atoms with van der Waals surface area (Å²) in [5.74, 6) is 0. The number of thiocarbonyl (C=S) groups is 1. The largest absolute Gasteiger partial charge is 0.352 e. The molecular formula is C28H34N4S. The molecule has 5 rings (SSSR count). The molecule has 1 N–H and O–H groups in total. The average molecular weight is 459 g/mol. The van der Waals surface area contributed by atoms with E-state index in [0.29, 0.717) is 6.04 Å². The van der Waals surface area contributed by atoms with Crippen LogP contribution in [0.3, 0.4) is 0 Å². The Morgan fingerprint density at radius 2 is 1.76 bits per heavy atom. The van der Waals surface area contributed by atoms with Gasteiger partial charge in [0, 0.05) is 29.3 Å². The van der Waals surface area contributed by atoms with E-state index in [9.17, 15) is 0 Å². The number of benzene rings is 1. The summed E-state index contributed by atoms with van der Waals surface area (Å²) < 4.78 is 2.42. The highest BCUT2D eigenvalue weighted by molar-refractivity contribution is 7.80. The van der Waals surface area contributed by atoms with Crippen molar-refractivity contribution in [2.24, 2.45) is 0 Å². The number of pyridine rings is 1. The molecular weight excluding hydrogens is 424 g/mol. The van der Waals surface area contributed by atoms with Crippen molar-refractivity contribution in [1.82, 2.24) is 19.8 Å². The molecule has 0 bridgehead atoms. The Kier molecular flexibility index (Phi) is 6.00. The molecule has 3 aromatic rings. The maximum Gasteiger partial charge on any atom is 0.170 e. The molecule has 1 aromatic carbocycles. The normalized spacial score (nSPS) is 21.5. The van der Waals surface area contributed by atoms with E-state index in [4.69, 9.17) is 17.2 Å². The molecule has 0 amide bonds. The van der Waals surface area contributed by atoms with Crippen molar-refractivity contribution in [1.29, 1.82) is 0 Å². The fourth-order valence-electron chi connectivity index (χ4n) is 5.87. The third-order valence-corrected chi connectivity index (χ3v) is 7.83. The smallest absolute Gasteiger partial charge is 0.170 e. The van der Waals surface area contributed by atoms with E-state index >= 15 is 0 Å². The van der Waals surface area contributed by atoms with Gasteiger partial charge in [0.2, 0.25) is 0 Å². The Bertz CT molecular complexity index is 1160. The summed E-state index contributed by atoms with van der Waals surface area (Å²) in [5, 5.41) is 4.54. The molecule has 2 atom stereocenters. The molecule has 4 nitrogen and oxygen atoms in total. The van der Waals surface area contributed by atoms with Gasteiger partial charge >= 0.3 is 0 Å². The van der Waals surface area contributed by atoms with Crippen LogP contribution in [0.25, 0.3) is 5.69 Å². The number of nitrogens with zero attached hydrogens (tertiary/aromatic N) is 3. The first kappa shape index (κ1) is 22.1. The lowest BCUT2D eigenvalue weighted by molar-refractivity contribution is 0.197. The molecule has 2 fully saturated rings. The zero-order chi connectivity index (χ0) is 23.1. The number of aryl methyl sites for hydroxylation is 3. The summed E-state index contributed by atoms with van der Waals surface area (Å²) in [6.45, 7) is 8.85. The molecule has 2 aliphatic rings. The lowest BCUT2D eigenvalue weighted by Crippen LogP contribution is -2.40. The van der Waals surface area contributed by atoms with E-state index in [1.807, 2.05) is 12.3 Å². The summed E-state index contributed by atoms with van der Waals surface area (Å²) in [6, 6.07) is 15.9. The predicted octanol–water partition coefficient (Wildman–Crippen LogP) is 6.41. The Balaban J connectivity index is 1.65. The van der Waals surface area contributed by atoms with Gasteiger partial charge in [-0.1, -0.05) is 37.5 Å². The average Bonchev–Trinajstić information content (AvgIpc) is 3.32. The fourth-order valence-corrected chi connectivity index (χ4v) is 6.26. The summed E-state index contributed by atoms with van der Waals surface area (Å²) in [5.41, 5.74) is 8.80. The maximum atomic E-state index is 5.97. The molecule has 172 valence electrons. The summed E-state index contributed by atoms with van der Waals surface area (Å²) in [6.07, 6.45) is 8.21. The number of hydrogen-bond donors (Lipinski definition) is 1. The summed E-state index contributed by atoms with van der Waals surface area (Å²) in [7, 11) is 0. The van der Waals surface area contributed by atoms with Crippen molar-refractivity contribution in [3.8, 4) is 5.69 Å². The Labute approximate surface area is 203 Å². The second-order valence-electron chi connectivity index (χ2n) is 9.78. The molecule has 0 unspecified atom stereocenters. The Hall–Kier alpha value is -2.66. The zero-order valence-electron chi connectivity index (χ0n) is 20.1. The molecule has 1 saturated carbocycles. The topological polar surface area (TPSA) is 33.1 Å². The molecule has 0 radical (unpaired) electrons. The van der Waals surface area contributed by atoms with Crippen molar-refractivity contribution in [2.75, 3.05) is 0 Å². The summed E-state index contributed by atoms with van der Waals surface area (Å²) in [4.78, 5) is 7.25. The lowest BCUT2D eigenvalue weighted by atomic mass is 9.90. The molecule has 1 aliphatic heterocycles. The fraction of sp³-hybridized carbons (Fsp3) is 0.429. The Morgan fingerprint density at radius 1 is 0.970 bits per heavy atom. The van der Waals surface area contributed by atoms with E-state index in [1.54, 1.807) is 0 Å². The van der Waals surface area contributed by atoms with Crippen molar-refractivity contribution in [2.45, 2.75) is 77.9 Å². The third-order valence-electron chi connectivity index (χ3n) is 7.50. The van der Waals surface area contributed by atoms with E-state index < -0.39 is 0 Å². The lowest BCUT2D eigenvalue weighted by Gasteiger charge is -2.37. The van der Waals surface area contributed by atoms with Gasteiger partial charge in [-0.05, 0) is 93.7 Å². The van der Waals surface area contributed by atoms with Gasteiger partial charge in [0.05, 0.1) is 17.8 Å². The number of aromatic nitrogens is 2. The second kappa shape index (κ2) is 8.94. The highest BCUT2D eigenvalue weighted by Gasteiger charge is 2.44. The minimum absolute atomic E-state index is 0.0492. The second-order valence-corrected chi connectivity index (χ2v) is 10.2. The first-order valence-corrected chi connectivity index (χ1v) is 12.6. The molecule has 1 aliphatic carbocycles. The molecule has 2 aromatic heterocycles. The highest BCUT2D eigenvalue weighted by atomic mass is 32.1. The monoisotopic (exact) mass is 458 g/mol. The van der Waals surface area contributed by atoms with Gasteiger partial charge in [0.25, 0.3) is 0 Å². The molecule has 1 saturated heterocycles. The van der Waals surface area contributed by atoms with Gasteiger partial charge in [-0.15, -0.1) is 0 Å². The van der Waals surface area contributed by atoms with Gasteiger partial charge in [0.1, 0.15) is 0 Å². The number of nitrogens with one attached hydrogen (secondary N) is 1. The van der Waals surface area contributed by atoms with E-state index in [2.05, 4.69) is 78.9 Å². The van der Waals surface area contributed by atoms with Crippen LogP contribution >= 0.6 is 12.2 Å². The minimum Gasteiger partial charge on any atom is -0.352 e. The quantitative estimate of drug-likeness (QED) is 0.458. The number of rotatable bonds is 4. The maximum absolute atomic E-state index is 5.97. The van der Waals surface area contributed by atoms with Crippen molar-refractivity contribution >= 4 is 17.3 Å². The molecule has 3 heterocycles. The van der Waals surface area contributed by atoms with Crippen LogP contribution < -0.4 is 5.32 Å². The van der Waals surface area contributed by atoms with Crippen LogP contribution in [-0.4, -0.2) is 25.6 Å². The standard InChI is InChI=1S/C28H34N4S/c1-18-13-14-19(2)25(16-18)31-20(3)17-23(21(31)4)27-26(24-12-8-9-15-29-24)30-28(33)32(27)22-10-6-5-7-11-22/h8-9,12-17,22,26-27H,5-7,10-11H2,1-4H3,(H,30,33)/t26-,27+/m0/s1. The van der Waals surface area contributed by atoms with Crippen LogP contribution in [0.2, 0.25) is 0 Å². The van der Waals surface area contributed by atoms with Crippen LogP contribution in [0.5, 0.6) is 0 Å². The molecule has 0 spiro atoms. The van der Waals surface area contributed by atoms with Crippen molar-refractivity contribution < 1.29 is 0 Å². The van der Waals surface area contributed by atoms with Gasteiger partial charge < -0.3 is 14.8 Å². The molecule has 5 heteroatoms. The molecule has 33 heavy (non-hydrogen) atoms. The van der Waals surface area contributed by atoms with Crippen LogP contribution in [0, 0.1) is 27.7 Å². The predicted molar refractivity (Wildman–Crippen MR) is 139 cm³/mol. The van der Waals surface area contributed by atoms with Gasteiger partial charge in [-0.25, -0.2) is 0 Å². The van der Waals surface area contributed by atoms with Crippen molar-refractivity contribution in [3.63, 3.8) is 0 Å². The number of hydrogen-bond acceptors (Lipinski definition) is 2. The van der Waals surface area contributed by atoms with Crippen LogP contribution in [0.4, 0.5) is 0 Å². The Morgan fingerprint density at radius 3 is 2.48 bits per heavy atom. The van der Waals surface area contributed by atoms with Crippen LogP contribution in [0.15, 0.2) is 48.7 Å². The van der Waals surface area contributed by atoms with E-state index in [1.165, 1.54) is 65.9 Å². The van der Waals surface area contributed by atoms with E-state index in [-0.39, 0.29) is 12.1 Å². The summed E-state index contributed by atoms with van der Waals surface area (Å²) >= 11 is 5.97. The van der Waals surface area contributed by atoms with Crippen molar-refractivity contribution in [3.05, 3.63) is 82.4 Å². The van der Waals surface area contributed by atoms with Gasteiger partial charge in [-0.3, -0.25) is 4.98 Å². The zero-order valence-corrected chi connectivity index (χ0v) is 21.0. The third kappa shape index (κ3) is 3.97. The minimum atomic E-state index is 0.0492. The first-order valence-electron chi connectivity index (χ1n) is 12.2. The van der Waals surface area contributed by atoms with Crippen LogP contribution in [0.1, 0.15) is 78.0 Å². The van der Waals surface area contributed by atoms with E-state index in [0.717, 1.165) is 10.8 Å². The highest BCUT2D eigenvalue weighted by Crippen LogP contribution is 2.44. The van der Waals surface area contributed by atoms with Gasteiger partial charge in [0.15, 0.2) is 5.11 Å². The van der Waals surface area contributed by atoms with Crippen LogP contribution in [-0.2, 0) is 0 Å². The van der Waals surface area contributed by atoms with Gasteiger partial charge in [-0.2, -0.15) is 0 Å². The SMILES string of the molecule is Cc1ccc(C)c(-n2c(C)cc([C@@H]3[C@H](c4ccccn4)NC(=S)N3C3CCCCC3)c2C)c1.